The van der Waals surface area contributed by atoms with Gasteiger partial charge in [-0.2, -0.15) is 0 Å². The predicted molar refractivity (Wildman–Crippen MR) is 58.8 cm³/mol. The van der Waals surface area contributed by atoms with Gasteiger partial charge in [0.1, 0.15) is 0 Å². The standard InChI is InChI=1S/C10H7BrFNO2/c1-15-9-2-5-8(3-7(9)12)13-4-6(11)10(5)14/h2-4H,1H3,(H,13,14). The van der Waals surface area contributed by atoms with Gasteiger partial charge in [0.05, 0.1) is 22.5 Å². The minimum atomic E-state index is -0.497. The molecule has 0 amide bonds. The summed E-state index contributed by atoms with van der Waals surface area (Å²) in [6.45, 7) is 0. The first kappa shape index (κ1) is 10.2. The number of methoxy groups -OCH3 is 1. The van der Waals surface area contributed by atoms with Gasteiger partial charge in [0.15, 0.2) is 11.6 Å². The Morgan fingerprint density at radius 2 is 2.20 bits per heavy atom. The number of H-pyrrole nitrogens is 1. The lowest BCUT2D eigenvalue weighted by molar-refractivity contribution is 0.387. The maximum atomic E-state index is 13.3. The third kappa shape index (κ3) is 1.63. The number of benzene rings is 1. The van der Waals surface area contributed by atoms with Gasteiger partial charge in [0.25, 0.3) is 0 Å². The molecule has 1 aromatic heterocycles. The Balaban J connectivity index is 2.89. The number of aromatic nitrogens is 1. The molecule has 0 bridgehead atoms. The van der Waals surface area contributed by atoms with E-state index in [9.17, 15) is 9.18 Å². The lowest BCUT2D eigenvalue weighted by atomic mass is 10.2. The van der Waals surface area contributed by atoms with Crippen LogP contribution in [0.4, 0.5) is 4.39 Å². The van der Waals surface area contributed by atoms with Crippen LogP contribution in [0.1, 0.15) is 0 Å². The van der Waals surface area contributed by atoms with E-state index in [1.54, 1.807) is 0 Å². The first-order chi connectivity index (χ1) is 7.13. The first-order valence-electron chi connectivity index (χ1n) is 4.18. The monoisotopic (exact) mass is 271 g/mol. The van der Waals surface area contributed by atoms with Crippen molar-refractivity contribution in [3.63, 3.8) is 0 Å². The van der Waals surface area contributed by atoms with Crippen LogP contribution < -0.4 is 10.2 Å². The highest BCUT2D eigenvalue weighted by Crippen LogP contribution is 2.22. The van der Waals surface area contributed by atoms with E-state index in [1.807, 2.05) is 0 Å². The second kappa shape index (κ2) is 3.66. The van der Waals surface area contributed by atoms with Crippen molar-refractivity contribution in [1.82, 2.24) is 4.98 Å². The van der Waals surface area contributed by atoms with E-state index in [4.69, 9.17) is 4.74 Å². The van der Waals surface area contributed by atoms with Crippen LogP contribution in [0.2, 0.25) is 0 Å². The molecule has 0 atom stereocenters. The average molecular weight is 272 g/mol. The number of aromatic amines is 1. The Morgan fingerprint density at radius 3 is 2.87 bits per heavy atom. The van der Waals surface area contributed by atoms with E-state index >= 15 is 0 Å². The number of ether oxygens (including phenoxy) is 1. The van der Waals surface area contributed by atoms with Crippen LogP contribution in [-0.4, -0.2) is 12.1 Å². The molecule has 0 saturated heterocycles. The zero-order chi connectivity index (χ0) is 11.0. The molecule has 1 aromatic carbocycles. The third-order valence-electron chi connectivity index (χ3n) is 2.11. The quantitative estimate of drug-likeness (QED) is 0.866. The summed E-state index contributed by atoms with van der Waals surface area (Å²) in [7, 11) is 1.36. The summed E-state index contributed by atoms with van der Waals surface area (Å²) in [5.41, 5.74) is 0.253. The Morgan fingerprint density at radius 1 is 1.47 bits per heavy atom. The number of nitrogens with one attached hydrogen (secondary N) is 1. The van der Waals surface area contributed by atoms with Crippen molar-refractivity contribution in [2.24, 2.45) is 0 Å². The summed E-state index contributed by atoms with van der Waals surface area (Å²) in [4.78, 5) is 14.5. The Bertz CT molecular complexity index is 579. The van der Waals surface area contributed by atoms with Crippen molar-refractivity contribution in [3.8, 4) is 5.75 Å². The summed E-state index contributed by atoms with van der Waals surface area (Å²) >= 11 is 3.10. The van der Waals surface area contributed by atoms with Crippen molar-refractivity contribution < 1.29 is 9.13 Å². The van der Waals surface area contributed by atoms with Crippen molar-refractivity contribution >= 4 is 26.8 Å². The van der Waals surface area contributed by atoms with E-state index in [-0.39, 0.29) is 11.2 Å². The highest BCUT2D eigenvalue weighted by Gasteiger charge is 2.08. The number of hydrogen-bond acceptors (Lipinski definition) is 2. The van der Waals surface area contributed by atoms with E-state index < -0.39 is 5.82 Å². The molecule has 2 rings (SSSR count). The Hall–Kier alpha value is -1.36. The maximum Gasteiger partial charge on any atom is 0.203 e. The number of fused-ring (bicyclic) bond motifs is 1. The van der Waals surface area contributed by atoms with Gasteiger partial charge in [-0.15, -0.1) is 0 Å². The van der Waals surface area contributed by atoms with Crippen LogP contribution in [0.5, 0.6) is 5.75 Å². The first-order valence-corrected chi connectivity index (χ1v) is 4.97. The molecule has 1 heterocycles. The van der Waals surface area contributed by atoms with Crippen LogP contribution in [0.3, 0.4) is 0 Å². The molecule has 0 radical (unpaired) electrons. The lowest BCUT2D eigenvalue weighted by Crippen LogP contribution is -2.04. The molecule has 0 spiro atoms. The average Bonchev–Trinajstić information content (AvgIpc) is 2.23. The molecule has 78 valence electrons. The van der Waals surface area contributed by atoms with Gasteiger partial charge in [-0.1, -0.05) is 0 Å². The fourth-order valence-corrected chi connectivity index (χ4v) is 1.68. The minimum absolute atomic E-state index is 0.0612. The summed E-state index contributed by atoms with van der Waals surface area (Å²) in [6, 6.07) is 2.62. The second-order valence-electron chi connectivity index (χ2n) is 3.00. The van der Waals surface area contributed by atoms with Gasteiger partial charge < -0.3 is 9.72 Å². The zero-order valence-electron chi connectivity index (χ0n) is 7.80. The van der Waals surface area contributed by atoms with Crippen LogP contribution in [-0.2, 0) is 0 Å². The highest BCUT2D eigenvalue weighted by atomic mass is 79.9. The Kier molecular flexibility index (Phi) is 2.48. The molecular weight excluding hydrogens is 265 g/mol. The minimum Gasteiger partial charge on any atom is -0.494 e. The largest absolute Gasteiger partial charge is 0.494 e. The van der Waals surface area contributed by atoms with Crippen LogP contribution >= 0.6 is 15.9 Å². The topological polar surface area (TPSA) is 42.1 Å². The van der Waals surface area contributed by atoms with Gasteiger partial charge in [-0.25, -0.2) is 4.39 Å². The Labute approximate surface area is 93.0 Å². The maximum absolute atomic E-state index is 13.3. The zero-order valence-corrected chi connectivity index (χ0v) is 9.39. The molecule has 0 aliphatic rings. The molecule has 1 N–H and O–H groups in total. The summed E-state index contributed by atoms with van der Waals surface area (Å²) in [5, 5.41) is 0.391. The third-order valence-corrected chi connectivity index (χ3v) is 2.70. The van der Waals surface area contributed by atoms with Gasteiger partial charge >= 0.3 is 0 Å². The molecule has 15 heavy (non-hydrogen) atoms. The van der Waals surface area contributed by atoms with Crippen LogP contribution in [0.15, 0.2) is 27.6 Å². The van der Waals surface area contributed by atoms with Gasteiger partial charge in [-0.05, 0) is 22.0 Å². The van der Waals surface area contributed by atoms with Gasteiger partial charge in [0.2, 0.25) is 5.43 Å². The second-order valence-corrected chi connectivity index (χ2v) is 3.85. The molecule has 0 aliphatic heterocycles. The highest BCUT2D eigenvalue weighted by molar-refractivity contribution is 9.10. The van der Waals surface area contributed by atoms with Crippen molar-refractivity contribution in [2.45, 2.75) is 0 Å². The van der Waals surface area contributed by atoms with E-state index in [0.717, 1.165) is 0 Å². The van der Waals surface area contributed by atoms with Gasteiger partial charge in [0, 0.05) is 12.3 Å². The molecule has 2 aromatic rings. The predicted octanol–water partition coefficient (Wildman–Crippen LogP) is 2.44. The number of hydrogen-bond donors (Lipinski definition) is 1. The molecule has 0 unspecified atom stereocenters. The number of rotatable bonds is 1. The molecular formula is C10H7BrFNO2. The van der Waals surface area contributed by atoms with E-state index in [2.05, 4.69) is 20.9 Å². The lowest BCUT2D eigenvalue weighted by Gasteiger charge is -2.04. The smallest absolute Gasteiger partial charge is 0.203 e. The molecule has 0 saturated carbocycles. The van der Waals surface area contributed by atoms with Crippen molar-refractivity contribution in [3.05, 3.63) is 38.8 Å². The fourth-order valence-electron chi connectivity index (χ4n) is 1.35. The van der Waals surface area contributed by atoms with Crippen molar-refractivity contribution in [2.75, 3.05) is 7.11 Å². The summed E-state index contributed by atoms with van der Waals surface area (Å²) in [5.74, 6) is -0.436. The normalized spacial score (nSPS) is 10.6. The van der Waals surface area contributed by atoms with E-state index in [1.165, 1.54) is 25.4 Å². The summed E-state index contributed by atoms with van der Waals surface area (Å²) < 4.78 is 18.5. The summed E-state index contributed by atoms with van der Waals surface area (Å²) in [6.07, 6.45) is 1.48. The SMILES string of the molecule is COc1cc2c(=O)c(Br)c[nH]c2cc1F. The van der Waals surface area contributed by atoms with Crippen molar-refractivity contribution in [1.29, 1.82) is 0 Å². The van der Waals surface area contributed by atoms with Crippen LogP contribution in [0.25, 0.3) is 10.9 Å². The number of pyridine rings is 1. The molecule has 5 heteroatoms. The van der Waals surface area contributed by atoms with Gasteiger partial charge in [-0.3, -0.25) is 4.79 Å². The molecule has 0 aliphatic carbocycles. The molecule has 3 nitrogen and oxygen atoms in total. The van der Waals surface area contributed by atoms with Crippen LogP contribution in [0, 0.1) is 5.82 Å². The molecule has 0 fully saturated rings. The fraction of sp³-hybridized carbons (Fsp3) is 0.100. The van der Waals surface area contributed by atoms with E-state index in [0.29, 0.717) is 15.4 Å². The number of halogens is 2.